The topological polar surface area (TPSA) is 12.0 Å². The van der Waals surface area contributed by atoms with Crippen molar-refractivity contribution in [3.05, 3.63) is 20.8 Å². The Morgan fingerprint density at radius 1 is 1.50 bits per heavy atom. The van der Waals surface area contributed by atoms with Crippen LogP contribution in [0.1, 0.15) is 25.6 Å². The lowest BCUT2D eigenvalue weighted by atomic mass is 10.0. The fraction of sp³-hybridized carbons (Fsp3) is 0.636. The second-order valence-electron chi connectivity index (χ2n) is 3.80. The van der Waals surface area contributed by atoms with E-state index in [4.69, 9.17) is 0 Å². The van der Waals surface area contributed by atoms with Gasteiger partial charge < -0.3 is 5.32 Å². The molecule has 1 heterocycles. The number of halogens is 1. The zero-order valence-corrected chi connectivity index (χ0v) is 11.4. The van der Waals surface area contributed by atoms with Gasteiger partial charge in [0.15, 0.2) is 0 Å². The van der Waals surface area contributed by atoms with E-state index in [1.165, 1.54) is 9.35 Å². The summed E-state index contributed by atoms with van der Waals surface area (Å²) >= 11 is 5.41. The maximum atomic E-state index is 3.58. The lowest BCUT2D eigenvalue weighted by Crippen LogP contribution is -2.35. The lowest BCUT2D eigenvalue weighted by Gasteiger charge is -2.21. The van der Waals surface area contributed by atoms with E-state index in [0.717, 1.165) is 13.0 Å². The Bertz CT molecular complexity index is 270. The largest absolute Gasteiger partial charge is 0.314 e. The predicted molar refractivity (Wildman–Crippen MR) is 68.0 cm³/mol. The van der Waals surface area contributed by atoms with Gasteiger partial charge in [0.25, 0.3) is 0 Å². The Morgan fingerprint density at radius 2 is 2.21 bits per heavy atom. The molecule has 0 saturated heterocycles. The van der Waals surface area contributed by atoms with Crippen LogP contribution in [0.3, 0.4) is 0 Å². The molecule has 1 unspecified atom stereocenters. The first-order chi connectivity index (χ1) is 6.65. The highest BCUT2D eigenvalue weighted by Gasteiger charge is 2.14. The molecule has 0 spiro atoms. The van der Waals surface area contributed by atoms with Crippen LogP contribution in [-0.2, 0) is 6.42 Å². The third-order valence-corrected chi connectivity index (χ3v) is 4.32. The average molecular weight is 276 g/mol. The molecule has 14 heavy (non-hydrogen) atoms. The van der Waals surface area contributed by atoms with Crippen LogP contribution in [0.15, 0.2) is 15.9 Å². The minimum absolute atomic E-state index is 0.593. The van der Waals surface area contributed by atoms with E-state index in [1.807, 2.05) is 11.3 Å². The molecule has 1 aromatic rings. The van der Waals surface area contributed by atoms with Gasteiger partial charge >= 0.3 is 0 Å². The summed E-state index contributed by atoms with van der Waals surface area (Å²) in [7, 11) is 0. The van der Waals surface area contributed by atoms with Crippen LogP contribution < -0.4 is 5.32 Å². The summed E-state index contributed by atoms with van der Waals surface area (Å²) in [5.41, 5.74) is 0. The smallest absolute Gasteiger partial charge is 0.0314 e. The quantitative estimate of drug-likeness (QED) is 0.865. The third kappa shape index (κ3) is 3.37. The van der Waals surface area contributed by atoms with Crippen molar-refractivity contribution in [1.29, 1.82) is 0 Å². The van der Waals surface area contributed by atoms with Gasteiger partial charge in [-0.3, -0.25) is 0 Å². The van der Waals surface area contributed by atoms with Crippen LogP contribution in [0.4, 0.5) is 0 Å². The van der Waals surface area contributed by atoms with Crippen molar-refractivity contribution in [2.24, 2.45) is 5.92 Å². The fourth-order valence-corrected chi connectivity index (χ4v) is 3.05. The number of hydrogen-bond acceptors (Lipinski definition) is 2. The van der Waals surface area contributed by atoms with E-state index in [-0.39, 0.29) is 0 Å². The molecule has 0 bridgehead atoms. The van der Waals surface area contributed by atoms with Gasteiger partial charge in [0.05, 0.1) is 0 Å². The van der Waals surface area contributed by atoms with Gasteiger partial charge in [-0.2, -0.15) is 0 Å². The number of likely N-dealkylation sites (N-methyl/N-ethyl adjacent to an activating group) is 1. The molecule has 0 aliphatic rings. The van der Waals surface area contributed by atoms with Gasteiger partial charge in [0, 0.05) is 15.4 Å². The first-order valence-electron chi connectivity index (χ1n) is 5.10. The Kier molecular flexibility index (Phi) is 5.13. The molecular weight excluding hydrogens is 258 g/mol. The summed E-state index contributed by atoms with van der Waals surface area (Å²) in [6, 6.07) is 2.72. The van der Waals surface area contributed by atoms with E-state index in [1.54, 1.807) is 0 Å². The minimum atomic E-state index is 0.593. The Balaban J connectivity index is 2.60. The number of nitrogens with one attached hydrogen (secondary N) is 1. The first kappa shape index (κ1) is 12.2. The summed E-state index contributed by atoms with van der Waals surface area (Å²) in [6.45, 7) is 7.76. The first-order valence-corrected chi connectivity index (χ1v) is 6.77. The zero-order valence-electron chi connectivity index (χ0n) is 9.01. The Morgan fingerprint density at radius 3 is 2.64 bits per heavy atom. The molecular formula is C11H18BrNS. The SMILES string of the molecule is CCNC(Cc1sccc1Br)C(C)C. The van der Waals surface area contributed by atoms with Crippen molar-refractivity contribution in [1.82, 2.24) is 5.32 Å². The molecule has 1 aromatic heterocycles. The summed E-state index contributed by atoms with van der Waals surface area (Å²) < 4.78 is 1.26. The van der Waals surface area contributed by atoms with Crippen molar-refractivity contribution in [2.45, 2.75) is 33.2 Å². The minimum Gasteiger partial charge on any atom is -0.314 e. The highest BCUT2D eigenvalue weighted by Crippen LogP contribution is 2.25. The second kappa shape index (κ2) is 5.89. The molecule has 0 aliphatic carbocycles. The summed E-state index contributed by atoms with van der Waals surface area (Å²) in [5.74, 6) is 0.684. The highest BCUT2D eigenvalue weighted by molar-refractivity contribution is 9.10. The maximum Gasteiger partial charge on any atom is 0.0314 e. The van der Waals surface area contributed by atoms with E-state index in [0.29, 0.717) is 12.0 Å². The van der Waals surface area contributed by atoms with Gasteiger partial charge in [0.1, 0.15) is 0 Å². The van der Waals surface area contributed by atoms with Crippen molar-refractivity contribution < 1.29 is 0 Å². The van der Waals surface area contributed by atoms with Gasteiger partial charge in [-0.25, -0.2) is 0 Å². The van der Waals surface area contributed by atoms with Crippen LogP contribution in [0, 0.1) is 5.92 Å². The van der Waals surface area contributed by atoms with Gasteiger partial charge in [0.2, 0.25) is 0 Å². The molecule has 0 radical (unpaired) electrons. The molecule has 0 aromatic carbocycles. The van der Waals surface area contributed by atoms with Crippen molar-refractivity contribution in [2.75, 3.05) is 6.54 Å². The summed E-state index contributed by atoms with van der Waals surface area (Å²) in [6.07, 6.45) is 1.13. The van der Waals surface area contributed by atoms with Gasteiger partial charge in [-0.05, 0) is 46.3 Å². The molecule has 1 rings (SSSR count). The zero-order chi connectivity index (χ0) is 10.6. The molecule has 0 saturated carbocycles. The average Bonchev–Trinajstić information content (AvgIpc) is 2.51. The normalized spacial score (nSPS) is 13.5. The molecule has 0 aliphatic heterocycles. The molecule has 1 nitrogen and oxygen atoms in total. The summed E-state index contributed by atoms with van der Waals surface area (Å²) in [4.78, 5) is 1.45. The van der Waals surface area contributed by atoms with Gasteiger partial charge in [-0.15, -0.1) is 11.3 Å². The molecule has 80 valence electrons. The lowest BCUT2D eigenvalue weighted by molar-refractivity contribution is 0.407. The number of thiophene rings is 1. The molecule has 1 atom stereocenters. The molecule has 0 fully saturated rings. The Labute approximate surface area is 99.0 Å². The van der Waals surface area contributed by atoms with Crippen LogP contribution >= 0.6 is 27.3 Å². The third-order valence-electron chi connectivity index (χ3n) is 2.37. The summed E-state index contributed by atoms with van der Waals surface area (Å²) in [5, 5.41) is 5.67. The highest BCUT2D eigenvalue weighted by atomic mass is 79.9. The van der Waals surface area contributed by atoms with Crippen LogP contribution in [0.5, 0.6) is 0 Å². The van der Waals surface area contributed by atoms with Crippen molar-refractivity contribution in [3.63, 3.8) is 0 Å². The Hall–Kier alpha value is 0.140. The number of rotatable bonds is 5. The van der Waals surface area contributed by atoms with E-state index in [9.17, 15) is 0 Å². The van der Waals surface area contributed by atoms with E-state index in [2.05, 4.69) is 53.5 Å². The van der Waals surface area contributed by atoms with Crippen molar-refractivity contribution >= 4 is 27.3 Å². The second-order valence-corrected chi connectivity index (χ2v) is 5.66. The van der Waals surface area contributed by atoms with Crippen LogP contribution in [0.25, 0.3) is 0 Å². The number of hydrogen-bond donors (Lipinski definition) is 1. The molecule has 1 N–H and O–H groups in total. The van der Waals surface area contributed by atoms with Crippen LogP contribution in [-0.4, -0.2) is 12.6 Å². The van der Waals surface area contributed by atoms with E-state index >= 15 is 0 Å². The van der Waals surface area contributed by atoms with E-state index < -0.39 is 0 Å². The standard InChI is InChI=1S/C11H18BrNS/c1-4-13-10(8(2)3)7-11-9(12)5-6-14-11/h5-6,8,10,13H,4,7H2,1-3H3. The van der Waals surface area contributed by atoms with Crippen LogP contribution in [0.2, 0.25) is 0 Å². The fourth-order valence-electron chi connectivity index (χ4n) is 1.48. The predicted octanol–water partition coefficient (Wildman–Crippen LogP) is 3.69. The van der Waals surface area contributed by atoms with Crippen molar-refractivity contribution in [3.8, 4) is 0 Å². The molecule has 0 amide bonds. The maximum absolute atomic E-state index is 3.58. The molecule has 3 heteroatoms. The monoisotopic (exact) mass is 275 g/mol. The van der Waals surface area contributed by atoms with Gasteiger partial charge in [-0.1, -0.05) is 20.8 Å².